The van der Waals surface area contributed by atoms with Crippen LogP contribution in [-0.4, -0.2) is 62.7 Å². The van der Waals surface area contributed by atoms with Gasteiger partial charge in [0, 0.05) is 6.08 Å². The Bertz CT molecular complexity index is 1210. The van der Waals surface area contributed by atoms with E-state index in [-0.39, 0.29) is 31.1 Å². The molecule has 254 valence electrons. The molecule has 2 aromatic carbocycles. The van der Waals surface area contributed by atoms with Gasteiger partial charge in [-0.15, -0.1) is 0 Å². The summed E-state index contributed by atoms with van der Waals surface area (Å²) in [7, 11) is 1.63. The molecule has 0 aliphatic heterocycles. The van der Waals surface area contributed by atoms with E-state index in [0.29, 0.717) is 19.6 Å². The lowest BCUT2D eigenvalue weighted by atomic mass is 9.91. The van der Waals surface area contributed by atoms with Crippen molar-refractivity contribution in [1.29, 1.82) is 0 Å². The molecule has 2 atom stereocenters. The number of ether oxygens (including phenoxy) is 5. The average molecular weight is 643 g/mol. The summed E-state index contributed by atoms with van der Waals surface area (Å²) in [6.07, 6.45) is 4.17. The van der Waals surface area contributed by atoms with Crippen molar-refractivity contribution in [3.05, 3.63) is 61.2 Å². The first-order valence-electron chi connectivity index (χ1n) is 15.5. The molecule has 46 heavy (non-hydrogen) atoms. The van der Waals surface area contributed by atoms with Crippen molar-refractivity contribution in [2.45, 2.75) is 72.8 Å². The second-order valence-electron chi connectivity index (χ2n) is 11.1. The molecule has 2 rings (SSSR count). The lowest BCUT2D eigenvalue weighted by Gasteiger charge is -2.21. The van der Waals surface area contributed by atoms with E-state index in [4.69, 9.17) is 18.9 Å². The molecule has 1 N–H and O–H groups in total. The van der Waals surface area contributed by atoms with E-state index in [2.05, 4.69) is 21.5 Å². The van der Waals surface area contributed by atoms with Crippen LogP contribution in [0, 0.1) is 11.3 Å². The number of hydrogen-bond donors (Lipinski definition) is 1. The molecule has 0 saturated heterocycles. The van der Waals surface area contributed by atoms with Gasteiger partial charge in [0.15, 0.2) is 0 Å². The van der Waals surface area contributed by atoms with Crippen LogP contribution in [0.3, 0.4) is 0 Å². The Balaban J connectivity index is 0.000000533. The van der Waals surface area contributed by atoms with E-state index >= 15 is 0 Å². The van der Waals surface area contributed by atoms with E-state index in [1.54, 1.807) is 21.0 Å². The lowest BCUT2D eigenvalue weighted by Crippen LogP contribution is -2.31. The van der Waals surface area contributed by atoms with Crippen LogP contribution in [0.5, 0.6) is 11.5 Å². The van der Waals surface area contributed by atoms with Gasteiger partial charge in [-0.25, -0.2) is 4.79 Å². The molecular formula is C35H50N2O9. The second kappa shape index (κ2) is 22.3. The number of nitrogens with zero attached hydrogens (tertiary/aromatic N) is 2. The Labute approximate surface area is 272 Å². The average Bonchev–Trinajstić information content (AvgIpc) is 3.08. The summed E-state index contributed by atoms with van der Waals surface area (Å²) in [5.74, 6) is 0.470. The zero-order valence-corrected chi connectivity index (χ0v) is 28.0. The molecule has 0 aliphatic rings. The molecule has 11 nitrogen and oxygen atoms in total. The molecule has 0 bridgehead atoms. The maximum Gasteiger partial charge on any atom is 0.330 e. The number of carbonyl (C=O) groups excluding carboxylic acids is 3. The highest BCUT2D eigenvalue weighted by molar-refractivity contribution is 5.81. The fourth-order valence-electron chi connectivity index (χ4n) is 3.22. The van der Waals surface area contributed by atoms with Crippen LogP contribution in [-0.2, 0) is 28.6 Å². The Morgan fingerprint density at radius 2 is 1.39 bits per heavy atom. The number of rotatable bonds is 19. The van der Waals surface area contributed by atoms with Gasteiger partial charge in [0.2, 0.25) is 0 Å². The van der Waals surface area contributed by atoms with Gasteiger partial charge in [0.1, 0.15) is 30.8 Å². The van der Waals surface area contributed by atoms with Crippen LogP contribution >= 0.6 is 0 Å². The van der Waals surface area contributed by atoms with Gasteiger partial charge in [0.25, 0.3) is 0 Å². The maximum atomic E-state index is 11.6. The summed E-state index contributed by atoms with van der Waals surface area (Å²) < 4.78 is 25.6. The van der Waals surface area contributed by atoms with Gasteiger partial charge in [-0.3, -0.25) is 9.59 Å². The van der Waals surface area contributed by atoms with Crippen molar-refractivity contribution in [2.75, 3.05) is 33.5 Å². The number of aliphatic hydroxyl groups excluding tert-OH is 1. The normalized spacial score (nSPS) is 12.2. The molecule has 0 aliphatic carbocycles. The monoisotopic (exact) mass is 642 g/mol. The fraction of sp³-hybridized carbons (Fsp3) is 0.514. The standard InChI is InChI=1S/C23H30N2O4.C12H20O5/c1-4-18(2)23(26)29-17-7-5-6-16-28-22-14-10-20(11-15-22)25-24-19-8-12-21(27-3)13-9-19;1-5-10(14)16-7-9(13)8-17-11(15)12(3,4)6-2/h8-15,18H,4-7,16-17H2,1-3H3;5,9,13H,1,6-8H2,2-4H3. The van der Waals surface area contributed by atoms with Crippen LogP contribution in [0.4, 0.5) is 11.4 Å². The minimum Gasteiger partial charge on any atom is -0.497 e. The molecule has 0 heterocycles. The molecule has 0 saturated carbocycles. The molecule has 0 amide bonds. The van der Waals surface area contributed by atoms with E-state index in [9.17, 15) is 19.5 Å². The minimum absolute atomic E-state index is 0.0166. The molecule has 0 fully saturated rings. The Kier molecular flexibility index (Phi) is 19.3. The number of benzene rings is 2. The topological polar surface area (TPSA) is 142 Å². The summed E-state index contributed by atoms with van der Waals surface area (Å²) in [5.41, 5.74) is 0.953. The first kappa shape index (κ1) is 39.8. The summed E-state index contributed by atoms with van der Waals surface area (Å²) in [6.45, 7) is 13.2. The van der Waals surface area contributed by atoms with Gasteiger partial charge < -0.3 is 28.8 Å². The Morgan fingerprint density at radius 3 is 1.91 bits per heavy atom. The third kappa shape index (κ3) is 16.7. The smallest absolute Gasteiger partial charge is 0.330 e. The van der Waals surface area contributed by atoms with Gasteiger partial charge in [-0.2, -0.15) is 10.2 Å². The predicted octanol–water partition coefficient (Wildman–Crippen LogP) is 7.30. The zero-order chi connectivity index (χ0) is 34.4. The van der Waals surface area contributed by atoms with Crippen molar-refractivity contribution in [3.63, 3.8) is 0 Å². The molecule has 0 radical (unpaired) electrons. The first-order valence-corrected chi connectivity index (χ1v) is 15.5. The zero-order valence-electron chi connectivity index (χ0n) is 28.0. The van der Waals surface area contributed by atoms with Crippen molar-refractivity contribution >= 4 is 29.3 Å². The number of hydrogen-bond acceptors (Lipinski definition) is 11. The van der Waals surface area contributed by atoms with Gasteiger partial charge >= 0.3 is 17.9 Å². The van der Waals surface area contributed by atoms with E-state index < -0.39 is 17.5 Å². The van der Waals surface area contributed by atoms with Gasteiger partial charge in [-0.05, 0) is 94.5 Å². The lowest BCUT2D eigenvalue weighted by molar-refractivity contribution is -0.159. The van der Waals surface area contributed by atoms with Crippen LogP contribution in [0.25, 0.3) is 0 Å². The largest absolute Gasteiger partial charge is 0.497 e. The fourth-order valence-corrected chi connectivity index (χ4v) is 3.22. The molecule has 11 heteroatoms. The van der Waals surface area contributed by atoms with E-state index in [1.165, 1.54) is 0 Å². The van der Waals surface area contributed by atoms with Crippen molar-refractivity contribution in [2.24, 2.45) is 21.6 Å². The van der Waals surface area contributed by atoms with E-state index in [1.807, 2.05) is 69.3 Å². The molecule has 0 spiro atoms. The van der Waals surface area contributed by atoms with E-state index in [0.717, 1.165) is 54.6 Å². The van der Waals surface area contributed by atoms with Gasteiger partial charge in [-0.1, -0.05) is 27.4 Å². The third-order valence-electron chi connectivity index (χ3n) is 6.93. The van der Waals surface area contributed by atoms with Crippen LogP contribution in [0.2, 0.25) is 0 Å². The highest BCUT2D eigenvalue weighted by Gasteiger charge is 2.27. The molecular weight excluding hydrogens is 592 g/mol. The number of aliphatic hydroxyl groups is 1. The Hall–Kier alpha value is -4.25. The van der Waals surface area contributed by atoms with Crippen LogP contribution in [0.1, 0.15) is 66.7 Å². The summed E-state index contributed by atoms with van der Waals surface area (Å²) in [5, 5.41) is 17.8. The molecule has 0 aromatic heterocycles. The van der Waals surface area contributed by atoms with Crippen LogP contribution < -0.4 is 9.47 Å². The first-order chi connectivity index (χ1) is 21.9. The van der Waals surface area contributed by atoms with Crippen LogP contribution in [0.15, 0.2) is 71.4 Å². The number of unbranched alkanes of at least 4 members (excludes halogenated alkanes) is 2. The van der Waals surface area contributed by atoms with Crippen molar-refractivity contribution < 1.29 is 43.2 Å². The summed E-state index contributed by atoms with van der Waals surface area (Å²) >= 11 is 0. The summed E-state index contributed by atoms with van der Waals surface area (Å²) in [4.78, 5) is 33.8. The van der Waals surface area contributed by atoms with Crippen molar-refractivity contribution in [3.8, 4) is 11.5 Å². The number of azo groups is 1. The SMILES string of the molecule is C=CC(=O)OCC(O)COC(=O)C(C)(C)CC.CCC(C)C(=O)OCCCCCOc1ccc(N=Nc2ccc(OC)cc2)cc1. The van der Waals surface area contributed by atoms with Gasteiger partial charge in [0.05, 0.1) is 43.0 Å². The summed E-state index contributed by atoms with van der Waals surface area (Å²) in [6, 6.07) is 14.9. The molecule has 2 unspecified atom stereocenters. The number of methoxy groups -OCH3 is 1. The Morgan fingerprint density at radius 1 is 0.848 bits per heavy atom. The maximum absolute atomic E-state index is 11.6. The minimum atomic E-state index is -1.02. The highest BCUT2D eigenvalue weighted by atomic mass is 16.6. The number of carbonyl (C=O) groups is 3. The molecule has 2 aromatic rings. The quantitative estimate of drug-likeness (QED) is 0.0549. The second-order valence-corrected chi connectivity index (χ2v) is 11.1. The number of esters is 3. The van der Waals surface area contributed by atoms with Crippen molar-refractivity contribution in [1.82, 2.24) is 0 Å². The third-order valence-corrected chi connectivity index (χ3v) is 6.93. The predicted molar refractivity (Wildman–Crippen MR) is 176 cm³/mol. The highest BCUT2D eigenvalue weighted by Crippen LogP contribution is 2.23.